The molecule has 0 saturated heterocycles. The fourth-order valence-corrected chi connectivity index (χ4v) is 4.87. The summed E-state index contributed by atoms with van der Waals surface area (Å²) in [6, 6.07) is 8.01. The van der Waals surface area contributed by atoms with Crippen LogP contribution in [0.1, 0.15) is 48.2 Å². The van der Waals surface area contributed by atoms with Crippen molar-refractivity contribution >= 4 is 23.2 Å². The van der Waals surface area contributed by atoms with Gasteiger partial charge in [0.25, 0.3) is 12.3 Å². The van der Waals surface area contributed by atoms with E-state index in [1.165, 1.54) is 6.08 Å². The number of nitriles is 2. The Hall–Kier alpha value is -4.05. The van der Waals surface area contributed by atoms with Crippen LogP contribution in [0.3, 0.4) is 0 Å². The molecule has 2 aromatic heterocycles. The zero-order chi connectivity index (χ0) is 23.4. The summed E-state index contributed by atoms with van der Waals surface area (Å²) in [5, 5.41) is 21.3. The number of H-pyrrole nitrogens is 1. The normalized spacial score (nSPS) is 23.1. The van der Waals surface area contributed by atoms with Crippen LogP contribution in [0.15, 0.2) is 18.2 Å². The number of benzene rings is 1. The molecule has 1 aromatic carbocycles. The summed E-state index contributed by atoms with van der Waals surface area (Å²) in [7, 11) is 0. The van der Waals surface area contributed by atoms with Crippen LogP contribution in [0.2, 0.25) is 0 Å². The number of halogens is 2. The Morgan fingerprint density at radius 2 is 1.85 bits per heavy atom. The van der Waals surface area contributed by atoms with Crippen LogP contribution in [0, 0.1) is 41.9 Å². The van der Waals surface area contributed by atoms with Crippen LogP contribution in [0.5, 0.6) is 11.6 Å². The van der Waals surface area contributed by atoms with E-state index in [4.69, 9.17) is 10.00 Å². The molecule has 0 aliphatic heterocycles. The third-order valence-corrected chi connectivity index (χ3v) is 6.22. The number of hydrogen-bond donors (Lipinski definition) is 2. The number of nitrogens with zero attached hydrogens (tertiary/aromatic N) is 5. The third-order valence-electron chi connectivity index (χ3n) is 6.22. The third kappa shape index (κ3) is 3.44. The number of allylic oxidation sites excluding steroid dienone is 1. The van der Waals surface area contributed by atoms with Crippen molar-refractivity contribution in [1.29, 1.82) is 10.5 Å². The van der Waals surface area contributed by atoms with Gasteiger partial charge < -0.3 is 15.0 Å². The Labute approximate surface area is 187 Å². The molecular formula is C23H19F2N7O. The molecule has 0 spiro atoms. The molecule has 33 heavy (non-hydrogen) atoms. The number of nitrogens with one attached hydrogen (secondary N) is 2. The van der Waals surface area contributed by atoms with Crippen molar-refractivity contribution in [3.63, 3.8) is 0 Å². The van der Waals surface area contributed by atoms with Crippen LogP contribution in [-0.2, 0) is 0 Å². The van der Waals surface area contributed by atoms with E-state index in [9.17, 15) is 14.0 Å². The van der Waals surface area contributed by atoms with Gasteiger partial charge in [-0.1, -0.05) is 0 Å². The largest absolute Gasteiger partial charge is 0.436 e. The maximum Gasteiger partial charge on any atom is 0.295 e. The van der Waals surface area contributed by atoms with Gasteiger partial charge in [-0.3, -0.25) is 0 Å². The molecule has 0 amide bonds. The van der Waals surface area contributed by atoms with Gasteiger partial charge in [-0.05, 0) is 68.0 Å². The minimum Gasteiger partial charge on any atom is -0.436 e. The second-order valence-electron chi connectivity index (χ2n) is 8.85. The molecule has 3 aliphatic rings. The average Bonchev–Trinajstić information content (AvgIpc) is 3.15. The first-order chi connectivity index (χ1) is 15.8. The van der Waals surface area contributed by atoms with Crippen LogP contribution < -0.4 is 10.1 Å². The van der Waals surface area contributed by atoms with E-state index in [0.717, 1.165) is 16.7 Å². The highest BCUT2D eigenvalue weighted by molar-refractivity contribution is 5.78. The van der Waals surface area contributed by atoms with E-state index in [1.807, 2.05) is 32.0 Å². The predicted molar refractivity (Wildman–Crippen MR) is 116 cm³/mol. The van der Waals surface area contributed by atoms with Gasteiger partial charge in [-0.25, -0.2) is 13.8 Å². The van der Waals surface area contributed by atoms with Gasteiger partial charge in [0.05, 0.1) is 17.6 Å². The molecule has 3 aromatic rings. The number of aromatic nitrogens is 4. The van der Waals surface area contributed by atoms with Crippen molar-refractivity contribution in [2.75, 3.05) is 5.32 Å². The summed E-state index contributed by atoms with van der Waals surface area (Å²) in [6.07, 6.45) is 2.38. The molecule has 2 N–H and O–H groups in total. The minimum atomic E-state index is -2.80. The SMILES string of the molecule is Cc1cc(/C=C/C#N)cc(C)c1Oc1nc(NC23CC(C#N)(C2)C3)nc2nc(C(F)F)[nH]c12. The first-order valence-electron chi connectivity index (χ1n) is 10.4. The van der Waals surface area contributed by atoms with Crippen molar-refractivity contribution in [3.05, 3.63) is 40.7 Å². The van der Waals surface area contributed by atoms with E-state index in [2.05, 4.69) is 31.3 Å². The predicted octanol–water partition coefficient (Wildman–Crippen LogP) is 5.09. The van der Waals surface area contributed by atoms with E-state index in [-0.39, 0.29) is 33.9 Å². The van der Waals surface area contributed by atoms with Crippen LogP contribution in [0.4, 0.5) is 14.7 Å². The lowest BCUT2D eigenvalue weighted by Crippen LogP contribution is -2.70. The van der Waals surface area contributed by atoms with E-state index in [0.29, 0.717) is 25.0 Å². The highest BCUT2D eigenvalue weighted by atomic mass is 19.3. The van der Waals surface area contributed by atoms with Gasteiger partial charge >= 0.3 is 0 Å². The molecule has 0 radical (unpaired) electrons. The molecule has 166 valence electrons. The average molecular weight is 447 g/mol. The van der Waals surface area contributed by atoms with E-state index in [1.54, 1.807) is 6.08 Å². The van der Waals surface area contributed by atoms with Crippen LogP contribution in [-0.4, -0.2) is 25.5 Å². The molecule has 10 heteroatoms. The van der Waals surface area contributed by atoms with Crippen molar-refractivity contribution in [1.82, 2.24) is 19.9 Å². The van der Waals surface area contributed by atoms with Crippen LogP contribution >= 0.6 is 0 Å². The minimum absolute atomic E-state index is 0.0725. The summed E-state index contributed by atoms with van der Waals surface area (Å²) in [4.78, 5) is 15.3. The highest BCUT2D eigenvalue weighted by Crippen LogP contribution is 2.67. The van der Waals surface area contributed by atoms with Crippen molar-refractivity contribution < 1.29 is 13.5 Å². The molecule has 6 rings (SSSR count). The number of imidazole rings is 1. The van der Waals surface area contributed by atoms with Crippen molar-refractivity contribution in [2.45, 2.75) is 45.1 Å². The lowest BCUT2D eigenvalue weighted by atomic mass is 9.40. The Balaban J connectivity index is 1.52. The van der Waals surface area contributed by atoms with Crippen molar-refractivity contribution in [2.24, 2.45) is 5.41 Å². The summed E-state index contributed by atoms with van der Waals surface area (Å²) in [6.45, 7) is 3.70. The number of aryl methyl sites for hydroxylation is 2. The topological polar surface area (TPSA) is 123 Å². The summed E-state index contributed by atoms with van der Waals surface area (Å²) >= 11 is 0. The number of fused-ring (bicyclic) bond motifs is 1. The Morgan fingerprint density at radius 1 is 1.15 bits per heavy atom. The number of aromatic amines is 1. The van der Waals surface area contributed by atoms with Crippen LogP contribution in [0.25, 0.3) is 17.2 Å². The van der Waals surface area contributed by atoms with Gasteiger partial charge in [0.2, 0.25) is 5.95 Å². The van der Waals surface area contributed by atoms with Gasteiger partial charge in [-0.2, -0.15) is 20.5 Å². The summed E-state index contributed by atoms with van der Waals surface area (Å²) in [5.41, 5.74) is 2.16. The Bertz CT molecular complexity index is 1350. The highest BCUT2D eigenvalue weighted by Gasteiger charge is 2.69. The molecule has 8 nitrogen and oxygen atoms in total. The number of ether oxygens (including phenoxy) is 1. The molecule has 2 heterocycles. The number of anilines is 1. The fraction of sp³-hybridized carbons (Fsp3) is 0.348. The van der Waals surface area contributed by atoms with E-state index >= 15 is 0 Å². The second-order valence-corrected chi connectivity index (χ2v) is 8.85. The molecule has 0 unspecified atom stereocenters. The number of rotatable bonds is 6. The molecule has 3 aliphatic carbocycles. The number of hydrogen-bond acceptors (Lipinski definition) is 7. The maximum atomic E-state index is 13.3. The first-order valence-corrected chi connectivity index (χ1v) is 10.4. The maximum absolute atomic E-state index is 13.3. The van der Waals surface area contributed by atoms with Gasteiger partial charge in [0, 0.05) is 11.6 Å². The zero-order valence-corrected chi connectivity index (χ0v) is 17.9. The summed E-state index contributed by atoms with van der Waals surface area (Å²) in [5.74, 6) is 0.313. The molecular weight excluding hydrogens is 428 g/mol. The van der Waals surface area contributed by atoms with Crippen molar-refractivity contribution in [3.8, 4) is 23.8 Å². The van der Waals surface area contributed by atoms with Gasteiger partial charge in [0.1, 0.15) is 11.3 Å². The Kier molecular flexibility index (Phi) is 4.57. The Morgan fingerprint density at radius 3 is 2.45 bits per heavy atom. The summed E-state index contributed by atoms with van der Waals surface area (Å²) < 4.78 is 32.7. The lowest BCUT2D eigenvalue weighted by Gasteiger charge is -2.66. The fourth-order valence-electron chi connectivity index (χ4n) is 4.87. The quantitative estimate of drug-likeness (QED) is 0.504. The number of alkyl halides is 2. The molecule has 2 bridgehead atoms. The lowest BCUT2D eigenvalue weighted by molar-refractivity contribution is -0.0665. The van der Waals surface area contributed by atoms with E-state index < -0.39 is 12.2 Å². The molecule has 3 saturated carbocycles. The van der Waals surface area contributed by atoms with Gasteiger partial charge in [-0.15, -0.1) is 0 Å². The monoisotopic (exact) mass is 447 g/mol. The second kappa shape index (κ2) is 7.24. The molecule has 3 fully saturated rings. The van der Waals surface area contributed by atoms with Gasteiger partial charge in [0.15, 0.2) is 11.5 Å². The first kappa shape index (κ1) is 20.8. The zero-order valence-electron chi connectivity index (χ0n) is 17.9. The molecule has 0 atom stereocenters. The smallest absolute Gasteiger partial charge is 0.295 e. The standard InChI is InChI=1S/C23H19F2N7O/c1-12-6-14(4-3-5-26)7-13(2)16(12)33-20-15-18(29-19(28-15)17(24)25)30-21(31-20)32-23-8-22(9-23,10-23)11-27/h3-4,6-7,17H,8-10H2,1-2H3,(H2,28,29,30,31,32)/b4-3+.